The lowest BCUT2D eigenvalue weighted by Gasteiger charge is -2.22. The second-order valence-corrected chi connectivity index (χ2v) is 7.68. The molecule has 9 heteroatoms. The molecule has 0 saturated carbocycles. The van der Waals surface area contributed by atoms with E-state index in [9.17, 15) is 8.42 Å². The van der Waals surface area contributed by atoms with Crippen LogP contribution in [0, 0.1) is 6.92 Å². The Kier molecular flexibility index (Phi) is 2.83. The summed E-state index contributed by atoms with van der Waals surface area (Å²) in [7, 11) is -2.90. The second-order valence-electron chi connectivity index (χ2n) is 4.41. The topological polar surface area (TPSA) is 89.2 Å². The largest absolute Gasteiger partial charge is 0.312 e. The average Bonchev–Trinajstić information content (AvgIpc) is 2.80. The van der Waals surface area contributed by atoms with Crippen molar-refractivity contribution in [3.63, 3.8) is 0 Å². The lowest BCUT2D eigenvalue weighted by Crippen LogP contribution is -2.46. The van der Waals surface area contributed by atoms with Gasteiger partial charge in [-0.2, -0.15) is 9.61 Å². The van der Waals surface area contributed by atoms with Crippen LogP contribution in [0.4, 0.5) is 0 Å². The van der Waals surface area contributed by atoms with E-state index in [0.717, 1.165) is 15.8 Å². The fourth-order valence-electron chi connectivity index (χ4n) is 2.05. The molecule has 1 saturated heterocycles. The van der Waals surface area contributed by atoms with Crippen molar-refractivity contribution in [2.24, 2.45) is 0 Å². The third-order valence-corrected chi connectivity index (χ3v) is 5.57. The van der Waals surface area contributed by atoms with Crippen LogP contribution in [0.3, 0.4) is 0 Å². The molecule has 3 heterocycles. The van der Waals surface area contributed by atoms with Crippen LogP contribution in [0.5, 0.6) is 0 Å². The summed E-state index contributed by atoms with van der Waals surface area (Å²) in [5, 5.41) is 16.4. The van der Waals surface area contributed by atoms with Crippen molar-refractivity contribution in [2.75, 3.05) is 18.1 Å². The van der Waals surface area contributed by atoms with E-state index in [1.54, 1.807) is 4.52 Å². The number of sulfone groups is 1. The molecule has 2 aromatic rings. The molecule has 1 aliphatic rings. The molecular formula is C9H13N5O2S2. The van der Waals surface area contributed by atoms with Crippen molar-refractivity contribution in [1.82, 2.24) is 25.1 Å². The van der Waals surface area contributed by atoms with Gasteiger partial charge >= 0.3 is 0 Å². The van der Waals surface area contributed by atoms with Crippen LogP contribution in [0.25, 0.3) is 4.96 Å². The van der Waals surface area contributed by atoms with Crippen molar-refractivity contribution in [2.45, 2.75) is 19.4 Å². The second kappa shape index (κ2) is 4.25. The molecule has 0 radical (unpaired) electrons. The minimum Gasteiger partial charge on any atom is -0.312 e. The van der Waals surface area contributed by atoms with E-state index in [1.807, 2.05) is 6.92 Å². The third kappa shape index (κ3) is 2.25. The first-order chi connectivity index (χ1) is 8.53. The maximum absolute atomic E-state index is 11.5. The highest BCUT2D eigenvalue weighted by Crippen LogP contribution is 2.16. The SMILES string of the molecule is Cc1nnc2sc(CC3CS(=O)(=O)CCN3)nn12. The monoisotopic (exact) mass is 287 g/mol. The summed E-state index contributed by atoms with van der Waals surface area (Å²) < 4.78 is 24.8. The molecule has 2 aromatic heterocycles. The summed E-state index contributed by atoms with van der Waals surface area (Å²) in [4.78, 5) is 0.751. The molecule has 18 heavy (non-hydrogen) atoms. The van der Waals surface area contributed by atoms with Crippen LogP contribution >= 0.6 is 11.3 Å². The molecule has 1 atom stereocenters. The molecule has 0 spiro atoms. The number of rotatable bonds is 2. The Morgan fingerprint density at radius 1 is 1.50 bits per heavy atom. The molecule has 0 aliphatic carbocycles. The van der Waals surface area contributed by atoms with Crippen molar-refractivity contribution < 1.29 is 8.42 Å². The number of fused-ring (bicyclic) bond motifs is 1. The van der Waals surface area contributed by atoms with Gasteiger partial charge in [-0.3, -0.25) is 0 Å². The van der Waals surface area contributed by atoms with Gasteiger partial charge in [-0.1, -0.05) is 11.3 Å². The lowest BCUT2D eigenvalue weighted by molar-refractivity contribution is 0.513. The van der Waals surface area contributed by atoms with Gasteiger partial charge in [0.05, 0.1) is 11.5 Å². The van der Waals surface area contributed by atoms with Gasteiger partial charge in [0.25, 0.3) is 0 Å². The highest BCUT2D eigenvalue weighted by molar-refractivity contribution is 7.91. The molecule has 98 valence electrons. The number of hydrogen-bond acceptors (Lipinski definition) is 7. The van der Waals surface area contributed by atoms with Crippen molar-refractivity contribution in [3.8, 4) is 0 Å². The Labute approximate surface area is 108 Å². The summed E-state index contributed by atoms with van der Waals surface area (Å²) in [6.07, 6.45) is 0.618. The van der Waals surface area contributed by atoms with E-state index < -0.39 is 9.84 Å². The minimum absolute atomic E-state index is 0.0483. The van der Waals surface area contributed by atoms with Gasteiger partial charge in [0.15, 0.2) is 15.7 Å². The van der Waals surface area contributed by atoms with Crippen molar-refractivity contribution in [3.05, 3.63) is 10.8 Å². The summed E-state index contributed by atoms with van der Waals surface area (Å²) in [5.41, 5.74) is 0. The van der Waals surface area contributed by atoms with Gasteiger partial charge in [0.1, 0.15) is 5.01 Å². The summed E-state index contributed by atoms with van der Waals surface area (Å²) >= 11 is 1.46. The standard InChI is InChI=1S/C9H13N5O2S2/c1-6-11-12-9-14(6)13-8(17-9)4-7-5-18(15,16)3-2-10-7/h7,10H,2-5H2,1H3. The highest BCUT2D eigenvalue weighted by Gasteiger charge is 2.25. The van der Waals surface area contributed by atoms with Gasteiger partial charge in [0, 0.05) is 19.0 Å². The van der Waals surface area contributed by atoms with Gasteiger partial charge in [-0.25, -0.2) is 8.42 Å². The van der Waals surface area contributed by atoms with Gasteiger partial charge < -0.3 is 5.32 Å². The molecule has 7 nitrogen and oxygen atoms in total. The first kappa shape index (κ1) is 12.0. The maximum Gasteiger partial charge on any atom is 0.234 e. The van der Waals surface area contributed by atoms with Crippen LogP contribution in [-0.4, -0.2) is 52.3 Å². The zero-order valence-electron chi connectivity index (χ0n) is 9.83. The molecular weight excluding hydrogens is 274 g/mol. The van der Waals surface area contributed by atoms with E-state index in [1.165, 1.54) is 11.3 Å². The molecule has 1 unspecified atom stereocenters. The zero-order chi connectivity index (χ0) is 12.8. The number of aryl methyl sites for hydroxylation is 1. The molecule has 1 N–H and O–H groups in total. The summed E-state index contributed by atoms with van der Waals surface area (Å²) in [5.74, 6) is 1.16. The normalized spacial score (nSPS) is 23.5. The van der Waals surface area contributed by atoms with Crippen LogP contribution in [0.2, 0.25) is 0 Å². The molecule has 0 aromatic carbocycles. The quantitative estimate of drug-likeness (QED) is 0.795. The Bertz CT molecular complexity index is 674. The van der Waals surface area contributed by atoms with E-state index >= 15 is 0 Å². The first-order valence-electron chi connectivity index (χ1n) is 5.65. The van der Waals surface area contributed by atoms with Gasteiger partial charge in [-0.05, 0) is 6.92 Å². The summed E-state index contributed by atoms with van der Waals surface area (Å²) in [6, 6.07) is -0.0483. The Hall–Kier alpha value is -1.06. The van der Waals surface area contributed by atoms with Crippen LogP contribution < -0.4 is 5.32 Å². The minimum atomic E-state index is -2.90. The molecule has 1 fully saturated rings. The number of aromatic nitrogens is 4. The number of nitrogens with zero attached hydrogens (tertiary/aromatic N) is 4. The zero-order valence-corrected chi connectivity index (χ0v) is 11.5. The fraction of sp³-hybridized carbons (Fsp3) is 0.667. The van der Waals surface area contributed by atoms with Crippen LogP contribution in [0.15, 0.2) is 0 Å². The van der Waals surface area contributed by atoms with Crippen LogP contribution in [0.1, 0.15) is 10.8 Å². The lowest BCUT2D eigenvalue weighted by atomic mass is 10.2. The highest BCUT2D eigenvalue weighted by atomic mass is 32.2. The van der Waals surface area contributed by atoms with E-state index in [-0.39, 0.29) is 17.5 Å². The maximum atomic E-state index is 11.5. The molecule has 3 rings (SSSR count). The van der Waals surface area contributed by atoms with Crippen LogP contribution in [-0.2, 0) is 16.3 Å². The predicted octanol–water partition coefficient (Wildman–Crippen LogP) is -0.577. The van der Waals surface area contributed by atoms with Gasteiger partial charge in [0.2, 0.25) is 4.96 Å². The molecule has 0 amide bonds. The number of hydrogen-bond donors (Lipinski definition) is 1. The van der Waals surface area contributed by atoms with Gasteiger partial charge in [-0.15, -0.1) is 10.2 Å². The van der Waals surface area contributed by atoms with Crippen molar-refractivity contribution in [1.29, 1.82) is 0 Å². The van der Waals surface area contributed by atoms with E-state index in [0.29, 0.717) is 13.0 Å². The summed E-state index contributed by atoms with van der Waals surface area (Å²) in [6.45, 7) is 2.36. The van der Waals surface area contributed by atoms with E-state index in [4.69, 9.17) is 0 Å². The number of nitrogens with one attached hydrogen (secondary N) is 1. The third-order valence-electron chi connectivity index (χ3n) is 2.91. The van der Waals surface area contributed by atoms with Crippen molar-refractivity contribution >= 4 is 26.1 Å². The molecule has 1 aliphatic heterocycles. The Morgan fingerprint density at radius 2 is 2.33 bits per heavy atom. The Balaban J connectivity index is 1.79. The predicted molar refractivity (Wildman–Crippen MR) is 67.5 cm³/mol. The average molecular weight is 287 g/mol. The van der Waals surface area contributed by atoms with E-state index in [2.05, 4.69) is 20.6 Å². The fourth-order valence-corrected chi connectivity index (χ4v) is 4.45. The smallest absolute Gasteiger partial charge is 0.234 e. The first-order valence-corrected chi connectivity index (χ1v) is 8.29. The Morgan fingerprint density at radius 3 is 3.06 bits per heavy atom. The molecule has 0 bridgehead atoms.